The molecule has 0 aliphatic rings. The van der Waals surface area contributed by atoms with Gasteiger partial charge in [0.25, 0.3) is 0 Å². The first-order valence-corrected chi connectivity index (χ1v) is 7.54. The van der Waals surface area contributed by atoms with Gasteiger partial charge in [0.15, 0.2) is 0 Å². The maximum atomic E-state index is 4.75. The summed E-state index contributed by atoms with van der Waals surface area (Å²) < 4.78 is 1.11. The highest BCUT2D eigenvalue weighted by Crippen LogP contribution is 2.29. The van der Waals surface area contributed by atoms with Gasteiger partial charge in [-0.05, 0) is 31.9 Å². The van der Waals surface area contributed by atoms with E-state index in [2.05, 4.69) is 54.0 Å². The molecule has 0 bridgehead atoms. The second-order valence-electron chi connectivity index (χ2n) is 4.13. The van der Waals surface area contributed by atoms with Gasteiger partial charge in [-0.25, -0.2) is 4.98 Å². The number of rotatable bonds is 4. The van der Waals surface area contributed by atoms with Crippen LogP contribution in [0, 0.1) is 6.92 Å². The molecule has 0 aliphatic heterocycles. The zero-order chi connectivity index (χ0) is 12.3. The molecule has 0 saturated carbocycles. The van der Waals surface area contributed by atoms with Gasteiger partial charge < -0.3 is 0 Å². The molecular weight excluding hydrogens is 294 g/mol. The van der Waals surface area contributed by atoms with Crippen molar-refractivity contribution in [2.24, 2.45) is 0 Å². The normalized spacial score (nSPS) is 10.8. The van der Waals surface area contributed by atoms with Gasteiger partial charge >= 0.3 is 0 Å². The van der Waals surface area contributed by atoms with E-state index in [1.165, 1.54) is 29.0 Å². The summed E-state index contributed by atoms with van der Waals surface area (Å²) in [5, 5.41) is 1.14. The minimum Gasteiger partial charge on any atom is -0.241 e. The van der Waals surface area contributed by atoms with Gasteiger partial charge in [0, 0.05) is 14.9 Å². The molecular formula is C14H16BrNS. The lowest BCUT2D eigenvalue weighted by atomic mass is 10.2. The van der Waals surface area contributed by atoms with E-state index in [9.17, 15) is 0 Å². The summed E-state index contributed by atoms with van der Waals surface area (Å²) in [5.41, 5.74) is 2.49. The van der Waals surface area contributed by atoms with Crippen LogP contribution in [0.5, 0.6) is 0 Å². The molecule has 1 aromatic carbocycles. The molecule has 17 heavy (non-hydrogen) atoms. The molecule has 0 spiro atoms. The molecule has 0 saturated heterocycles. The number of benzene rings is 1. The molecule has 0 aliphatic carbocycles. The number of thiazole rings is 1. The van der Waals surface area contributed by atoms with Gasteiger partial charge in [0.05, 0.1) is 5.69 Å². The molecule has 0 radical (unpaired) electrons. The molecule has 0 atom stereocenters. The van der Waals surface area contributed by atoms with Crippen LogP contribution in [0.15, 0.2) is 28.7 Å². The lowest BCUT2D eigenvalue weighted by molar-refractivity contribution is 0.778. The van der Waals surface area contributed by atoms with Crippen LogP contribution in [-0.4, -0.2) is 4.98 Å². The number of aromatic nitrogens is 1. The maximum absolute atomic E-state index is 4.75. The standard InChI is InChI=1S/C14H16BrNS/c1-3-4-5-13-10(2)17-14(16-13)11-6-8-12(15)9-7-11/h6-9H,3-5H2,1-2H3. The molecule has 3 heteroatoms. The molecule has 0 N–H and O–H groups in total. The minimum atomic E-state index is 1.11. The Morgan fingerprint density at radius 1 is 1.24 bits per heavy atom. The third-order valence-electron chi connectivity index (χ3n) is 2.75. The first-order chi connectivity index (χ1) is 8.20. The highest BCUT2D eigenvalue weighted by atomic mass is 79.9. The van der Waals surface area contributed by atoms with Crippen LogP contribution in [0.1, 0.15) is 30.3 Å². The molecule has 2 aromatic rings. The second kappa shape index (κ2) is 5.78. The van der Waals surface area contributed by atoms with Crippen molar-refractivity contribution in [2.75, 3.05) is 0 Å². The van der Waals surface area contributed by atoms with Crippen LogP contribution < -0.4 is 0 Å². The van der Waals surface area contributed by atoms with Crippen molar-refractivity contribution in [2.45, 2.75) is 33.1 Å². The van der Waals surface area contributed by atoms with Crippen LogP contribution in [0.4, 0.5) is 0 Å². The number of nitrogens with zero attached hydrogens (tertiary/aromatic N) is 1. The first-order valence-electron chi connectivity index (χ1n) is 5.93. The maximum Gasteiger partial charge on any atom is 0.123 e. The van der Waals surface area contributed by atoms with Crippen molar-refractivity contribution in [1.29, 1.82) is 0 Å². The van der Waals surface area contributed by atoms with Crippen molar-refractivity contribution in [3.63, 3.8) is 0 Å². The van der Waals surface area contributed by atoms with Crippen LogP contribution in [0.3, 0.4) is 0 Å². The smallest absolute Gasteiger partial charge is 0.123 e. The van der Waals surface area contributed by atoms with Crippen molar-refractivity contribution in [1.82, 2.24) is 4.98 Å². The summed E-state index contributed by atoms with van der Waals surface area (Å²) in [4.78, 5) is 6.11. The van der Waals surface area contributed by atoms with Gasteiger partial charge in [-0.3, -0.25) is 0 Å². The Bertz CT molecular complexity index is 487. The van der Waals surface area contributed by atoms with Crippen molar-refractivity contribution in [3.8, 4) is 10.6 Å². The highest BCUT2D eigenvalue weighted by Gasteiger charge is 2.08. The lowest BCUT2D eigenvalue weighted by Crippen LogP contribution is -1.87. The number of hydrogen-bond acceptors (Lipinski definition) is 2. The fourth-order valence-electron chi connectivity index (χ4n) is 1.72. The summed E-state index contributed by atoms with van der Waals surface area (Å²) in [6.07, 6.45) is 3.56. The number of halogens is 1. The van der Waals surface area contributed by atoms with Crippen molar-refractivity contribution >= 4 is 27.3 Å². The summed E-state index contributed by atoms with van der Waals surface area (Å²) in [7, 11) is 0. The number of aryl methyl sites for hydroxylation is 2. The van der Waals surface area contributed by atoms with E-state index < -0.39 is 0 Å². The van der Waals surface area contributed by atoms with E-state index in [-0.39, 0.29) is 0 Å². The molecule has 0 fully saturated rings. The average Bonchev–Trinajstić information content (AvgIpc) is 2.69. The highest BCUT2D eigenvalue weighted by molar-refractivity contribution is 9.10. The van der Waals surface area contributed by atoms with E-state index in [0.717, 1.165) is 15.9 Å². The van der Waals surface area contributed by atoms with Gasteiger partial charge in [0.1, 0.15) is 5.01 Å². The molecule has 2 rings (SSSR count). The minimum absolute atomic E-state index is 1.11. The second-order valence-corrected chi connectivity index (χ2v) is 6.25. The fourth-order valence-corrected chi connectivity index (χ4v) is 2.95. The zero-order valence-corrected chi connectivity index (χ0v) is 12.6. The quantitative estimate of drug-likeness (QED) is 0.754. The molecule has 1 nitrogen and oxygen atoms in total. The van der Waals surface area contributed by atoms with E-state index in [0.29, 0.717) is 0 Å². The predicted molar refractivity (Wildman–Crippen MR) is 78.6 cm³/mol. The fraction of sp³-hybridized carbons (Fsp3) is 0.357. The molecule has 0 unspecified atom stereocenters. The van der Waals surface area contributed by atoms with Gasteiger partial charge in [-0.2, -0.15) is 0 Å². The predicted octanol–water partition coefficient (Wildman–Crippen LogP) is 5.22. The van der Waals surface area contributed by atoms with Crippen LogP contribution in [0.2, 0.25) is 0 Å². The Hall–Kier alpha value is -0.670. The Labute approximate surface area is 115 Å². The van der Waals surface area contributed by atoms with Crippen molar-refractivity contribution in [3.05, 3.63) is 39.3 Å². The van der Waals surface area contributed by atoms with Gasteiger partial charge in [-0.15, -0.1) is 11.3 Å². The summed E-state index contributed by atoms with van der Waals surface area (Å²) in [6.45, 7) is 4.39. The third kappa shape index (κ3) is 3.17. The average molecular weight is 310 g/mol. The molecule has 90 valence electrons. The van der Waals surface area contributed by atoms with Crippen LogP contribution in [-0.2, 0) is 6.42 Å². The Balaban J connectivity index is 2.24. The van der Waals surface area contributed by atoms with E-state index in [1.54, 1.807) is 11.3 Å². The number of unbranched alkanes of at least 4 members (excludes halogenated alkanes) is 1. The molecule has 1 heterocycles. The summed E-state index contributed by atoms with van der Waals surface area (Å²) in [6, 6.07) is 8.37. The lowest BCUT2D eigenvalue weighted by Gasteiger charge is -1.96. The third-order valence-corrected chi connectivity index (χ3v) is 4.34. The SMILES string of the molecule is CCCCc1nc(-c2ccc(Br)cc2)sc1C. The summed E-state index contributed by atoms with van der Waals surface area (Å²) >= 11 is 5.25. The summed E-state index contributed by atoms with van der Waals surface area (Å²) in [5.74, 6) is 0. The zero-order valence-electron chi connectivity index (χ0n) is 10.2. The van der Waals surface area contributed by atoms with Crippen molar-refractivity contribution < 1.29 is 0 Å². The largest absolute Gasteiger partial charge is 0.241 e. The number of hydrogen-bond donors (Lipinski definition) is 0. The Morgan fingerprint density at radius 2 is 1.94 bits per heavy atom. The topological polar surface area (TPSA) is 12.9 Å². The van der Waals surface area contributed by atoms with Gasteiger partial charge in [0.2, 0.25) is 0 Å². The Morgan fingerprint density at radius 3 is 2.59 bits per heavy atom. The van der Waals surface area contributed by atoms with Crippen LogP contribution >= 0.6 is 27.3 Å². The Kier molecular flexibility index (Phi) is 4.35. The van der Waals surface area contributed by atoms with E-state index >= 15 is 0 Å². The van der Waals surface area contributed by atoms with Crippen LogP contribution in [0.25, 0.3) is 10.6 Å². The van der Waals surface area contributed by atoms with E-state index in [4.69, 9.17) is 4.98 Å². The van der Waals surface area contributed by atoms with Gasteiger partial charge in [-0.1, -0.05) is 41.4 Å². The molecule has 0 amide bonds. The monoisotopic (exact) mass is 309 g/mol. The first kappa shape index (κ1) is 12.8. The molecule has 1 aromatic heterocycles. The van der Waals surface area contributed by atoms with E-state index in [1.807, 2.05) is 0 Å².